The van der Waals surface area contributed by atoms with E-state index in [4.69, 9.17) is 4.74 Å². The first-order valence-electron chi connectivity index (χ1n) is 7.80. The Bertz CT molecular complexity index is 781. The summed E-state index contributed by atoms with van der Waals surface area (Å²) >= 11 is 0. The molecular weight excluding hydrogens is 369 g/mol. The lowest BCUT2D eigenvalue weighted by Gasteiger charge is -2.11. The van der Waals surface area contributed by atoms with Gasteiger partial charge in [-0.25, -0.2) is 0 Å². The van der Waals surface area contributed by atoms with Crippen molar-refractivity contribution in [3.63, 3.8) is 0 Å². The molecule has 26 heavy (non-hydrogen) atoms. The Balaban J connectivity index is 0.00000243. The van der Waals surface area contributed by atoms with Gasteiger partial charge in [0.05, 0.1) is 5.56 Å². The van der Waals surface area contributed by atoms with Crippen LogP contribution in [0.3, 0.4) is 0 Å². The summed E-state index contributed by atoms with van der Waals surface area (Å²) in [6.45, 7) is 1.68. The largest absolute Gasteiger partial charge is 0.484 e. The molecule has 0 fully saturated rings. The highest BCUT2D eigenvalue weighted by atomic mass is 35.5. The van der Waals surface area contributed by atoms with Gasteiger partial charge < -0.3 is 15.4 Å². The van der Waals surface area contributed by atoms with Gasteiger partial charge in [0.25, 0.3) is 5.91 Å². The molecule has 2 aromatic rings. The molecule has 0 aliphatic carbocycles. The molecule has 0 saturated carbocycles. The van der Waals surface area contributed by atoms with Crippen molar-refractivity contribution in [3.8, 4) is 5.75 Å². The highest BCUT2D eigenvalue weighted by Crippen LogP contribution is 2.31. The van der Waals surface area contributed by atoms with Gasteiger partial charge in [-0.15, -0.1) is 12.4 Å². The molecule has 1 aliphatic rings. The Labute approximate surface area is 155 Å². The fourth-order valence-electron chi connectivity index (χ4n) is 2.62. The normalized spacial score (nSPS) is 12.9. The molecule has 0 unspecified atom stereocenters. The van der Waals surface area contributed by atoms with E-state index >= 15 is 0 Å². The molecule has 140 valence electrons. The zero-order valence-corrected chi connectivity index (χ0v) is 14.5. The van der Waals surface area contributed by atoms with Gasteiger partial charge >= 0.3 is 6.18 Å². The third kappa shape index (κ3) is 5.12. The minimum absolute atomic E-state index is 0. The molecule has 1 amide bonds. The van der Waals surface area contributed by atoms with E-state index in [1.165, 1.54) is 23.3 Å². The number of carbonyl (C=O) groups is 1. The van der Waals surface area contributed by atoms with E-state index < -0.39 is 17.6 Å². The quantitative estimate of drug-likeness (QED) is 0.827. The molecular formula is C18H18ClF3N2O2. The number of ether oxygens (including phenoxy) is 1. The Morgan fingerprint density at radius 1 is 1.12 bits per heavy atom. The molecule has 0 radical (unpaired) electrons. The summed E-state index contributed by atoms with van der Waals surface area (Å²) < 4.78 is 43.0. The molecule has 1 heterocycles. The predicted octanol–water partition coefficient (Wildman–Crippen LogP) is 3.43. The molecule has 0 atom stereocenters. The van der Waals surface area contributed by atoms with Crippen molar-refractivity contribution in [2.45, 2.75) is 25.8 Å². The third-order valence-corrected chi connectivity index (χ3v) is 3.92. The molecule has 2 N–H and O–H groups in total. The molecule has 0 saturated heterocycles. The highest BCUT2D eigenvalue weighted by Gasteiger charge is 2.30. The van der Waals surface area contributed by atoms with Crippen molar-refractivity contribution in [2.75, 3.05) is 6.61 Å². The Kier molecular flexibility index (Phi) is 6.50. The summed E-state index contributed by atoms with van der Waals surface area (Å²) in [5.41, 5.74) is 2.63. The second kappa shape index (κ2) is 8.42. The van der Waals surface area contributed by atoms with Gasteiger partial charge in [0.2, 0.25) is 0 Å². The van der Waals surface area contributed by atoms with Gasteiger partial charge in [0, 0.05) is 19.6 Å². The maximum Gasteiger partial charge on any atom is 0.416 e. The SMILES string of the molecule is Cl.O=C(COc1cccc(C(F)(F)F)c1)NCc1ccc2c(c1)CNC2. The second-order valence-corrected chi connectivity index (χ2v) is 5.80. The van der Waals surface area contributed by atoms with Crippen LogP contribution in [0.1, 0.15) is 22.3 Å². The first-order valence-corrected chi connectivity index (χ1v) is 7.80. The minimum Gasteiger partial charge on any atom is -0.484 e. The van der Waals surface area contributed by atoms with Crippen molar-refractivity contribution in [1.82, 2.24) is 10.6 Å². The number of rotatable bonds is 5. The number of hydrogen-bond donors (Lipinski definition) is 2. The molecule has 0 bridgehead atoms. The smallest absolute Gasteiger partial charge is 0.416 e. The second-order valence-electron chi connectivity index (χ2n) is 5.80. The number of fused-ring (bicyclic) bond motifs is 1. The molecule has 4 nitrogen and oxygen atoms in total. The van der Waals surface area contributed by atoms with Crippen molar-refractivity contribution in [1.29, 1.82) is 0 Å². The van der Waals surface area contributed by atoms with E-state index in [1.807, 2.05) is 18.2 Å². The third-order valence-electron chi connectivity index (χ3n) is 3.92. The monoisotopic (exact) mass is 386 g/mol. The lowest BCUT2D eigenvalue weighted by Crippen LogP contribution is -2.28. The molecule has 0 spiro atoms. The van der Waals surface area contributed by atoms with Crippen molar-refractivity contribution in [2.24, 2.45) is 0 Å². The lowest BCUT2D eigenvalue weighted by atomic mass is 10.1. The van der Waals surface area contributed by atoms with Gasteiger partial charge in [-0.1, -0.05) is 24.3 Å². The van der Waals surface area contributed by atoms with Crippen molar-refractivity contribution >= 4 is 18.3 Å². The van der Waals surface area contributed by atoms with Crippen molar-refractivity contribution in [3.05, 3.63) is 64.7 Å². The molecule has 2 aromatic carbocycles. The summed E-state index contributed by atoms with van der Waals surface area (Å²) in [5.74, 6) is -0.385. The molecule has 0 aromatic heterocycles. The van der Waals surface area contributed by atoms with Gasteiger partial charge in [0.15, 0.2) is 6.61 Å². The summed E-state index contributed by atoms with van der Waals surface area (Å²) in [4.78, 5) is 11.8. The van der Waals surface area contributed by atoms with Gasteiger partial charge in [-0.3, -0.25) is 4.79 Å². The van der Waals surface area contributed by atoms with Crippen LogP contribution in [0.25, 0.3) is 0 Å². The average Bonchev–Trinajstić information content (AvgIpc) is 3.05. The Morgan fingerprint density at radius 3 is 2.65 bits per heavy atom. The summed E-state index contributed by atoms with van der Waals surface area (Å²) in [7, 11) is 0. The zero-order valence-electron chi connectivity index (χ0n) is 13.7. The number of carbonyl (C=O) groups excluding carboxylic acids is 1. The standard InChI is InChI=1S/C18H17F3N2O2.ClH/c19-18(20,21)15-2-1-3-16(7-15)25-11-17(24)23-8-12-4-5-13-9-22-10-14(13)6-12;/h1-7,22H,8-11H2,(H,23,24);1H. The van der Waals surface area contributed by atoms with E-state index in [-0.39, 0.29) is 24.8 Å². The average molecular weight is 387 g/mol. The number of amides is 1. The maximum absolute atomic E-state index is 12.6. The number of halogens is 4. The number of hydrogen-bond acceptors (Lipinski definition) is 3. The number of nitrogens with one attached hydrogen (secondary N) is 2. The molecule has 3 rings (SSSR count). The van der Waals surface area contributed by atoms with E-state index in [1.54, 1.807) is 0 Å². The van der Waals surface area contributed by atoms with Crippen LogP contribution in [-0.4, -0.2) is 12.5 Å². The van der Waals surface area contributed by atoms with Crippen LogP contribution < -0.4 is 15.4 Å². The lowest BCUT2D eigenvalue weighted by molar-refractivity contribution is -0.137. The van der Waals surface area contributed by atoms with Crippen LogP contribution in [-0.2, 0) is 30.6 Å². The van der Waals surface area contributed by atoms with E-state index in [0.717, 1.165) is 30.8 Å². The number of alkyl halides is 3. The predicted molar refractivity (Wildman–Crippen MR) is 93.0 cm³/mol. The Hall–Kier alpha value is -2.25. The van der Waals surface area contributed by atoms with Crippen LogP contribution in [0, 0.1) is 0 Å². The highest BCUT2D eigenvalue weighted by molar-refractivity contribution is 5.85. The van der Waals surface area contributed by atoms with Crippen LogP contribution in [0.2, 0.25) is 0 Å². The van der Waals surface area contributed by atoms with Gasteiger partial charge in [-0.2, -0.15) is 13.2 Å². The van der Waals surface area contributed by atoms with Gasteiger partial charge in [-0.05, 0) is 34.9 Å². The topological polar surface area (TPSA) is 50.4 Å². The summed E-state index contributed by atoms with van der Waals surface area (Å²) in [5, 5.41) is 5.94. The van der Waals surface area contributed by atoms with E-state index in [0.29, 0.717) is 6.54 Å². The zero-order chi connectivity index (χ0) is 17.9. The van der Waals surface area contributed by atoms with Crippen molar-refractivity contribution < 1.29 is 22.7 Å². The van der Waals surface area contributed by atoms with Crippen LogP contribution in [0.5, 0.6) is 5.75 Å². The van der Waals surface area contributed by atoms with Gasteiger partial charge in [0.1, 0.15) is 5.75 Å². The molecule has 1 aliphatic heterocycles. The number of benzene rings is 2. The van der Waals surface area contributed by atoms with Crippen LogP contribution >= 0.6 is 12.4 Å². The minimum atomic E-state index is -4.44. The van der Waals surface area contributed by atoms with E-state index in [9.17, 15) is 18.0 Å². The first-order chi connectivity index (χ1) is 11.9. The maximum atomic E-state index is 12.6. The Morgan fingerprint density at radius 2 is 1.88 bits per heavy atom. The molecule has 8 heteroatoms. The van der Waals surface area contributed by atoms with Crippen LogP contribution in [0.15, 0.2) is 42.5 Å². The fourth-order valence-corrected chi connectivity index (χ4v) is 2.62. The van der Waals surface area contributed by atoms with Crippen LogP contribution in [0.4, 0.5) is 13.2 Å². The summed E-state index contributed by atoms with van der Waals surface area (Å²) in [6.07, 6.45) is -4.44. The summed E-state index contributed by atoms with van der Waals surface area (Å²) in [6, 6.07) is 10.5. The fraction of sp³-hybridized carbons (Fsp3) is 0.278. The first kappa shape index (κ1) is 20.1. The van der Waals surface area contributed by atoms with E-state index in [2.05, 4.69) is 10.6 Å².